The second-order valence-corrected chi connectivity index (χ2v) is 8.91. The van der Waals surface area contributed by atoms with Gasteiger partial charge in [0.2, 0.25) is 0 Å². The number of amides is 1. The first-order chi connectivity index (χ1) is 16.8. The van der Waals surface area contributed by atoms with E-state index in [2.05, 4.69) is 11.9 Å². The van der Waals surface area contributed by atoms with E-state index < -0.39 is 5.97 Å². The number of hydrogen-bond donors (Lipinski definition) is 2. The summed E-state index contributed by atoms with van der Waals surface area (Å²) in [6, 6.07) is 12.2. The molecule has 3 aromatic rings. The number of carbonyl (C=O) groups excluding carboxylic acids is 2. The van der Waals surface area contributed by atoms with Crippen LogP contribution >= 0.6 is 22.9 Å². The Kier molecular flexibility index (Phi) is 8.73. The molecule has 0 aliphatic carbocycles. The SMILES string of the molecule is C=C(N)c1c(COc2cccc(C(=O)Nc3cccc(Cl)c3)c2C)csc1/C(=C\C)C(=O)OCC. The molecular formula is C27H27ClN2O4S. The first kappa shape index (κ1) is 26.1. The molecule has 0 fully saturated rings. The summed E-state index contributed by atoms with van der Waals surface area (Å²) in [7, 11) is 0. The van der Waals surface area contributed by atoms with Crippen LogP contribution in [0, 0.1) is 6.92 Å². The van der Waals surface area contributed by atoms with Crippen molar-refractivity contribution in [3.63, 3.8) is 0 Å². The van der Waals surface area contributed by atoms with Crippen molar-refractivity contribution in [2.24, 2.45) is 5.73 Å². The molecule has 0 spiro atoms. The van der Waals surface area contributed by atoms with E-state index in [1.54, 1.807) is 62.4 Å². The molecule has 0 aliphatic rings. The van der Waals surface area contributed by atoms with Crippen molar-refractivity contribution in [2.75, 3.05) is 11.9 Å². The molecular weight excluding hydrogens is 484 g/mol. The van der Waals surface area contributed by atoms with Crippen LogP contribution < -0.4 is 15.8 Å². The average Bonchev–Trinajstić information content (AvgIpc) is 3.23. The molecule has 2 aromatic carbocycles. The summed E-state index contributed by atoms with van der Waals surface area (Å²) in [6.07, 6.45) is 1.70. The molecule has 8 heteroatoms. The molecule has 0 bridgehead atoms. The Morgan fingerprint density at radius 1 is 1.23 bits per heavy atom. The van der Waals surface area contributed by atoms with E-state index in [4.69, 9.17) is 26.8 Å². The summed E-state index contributed by atoms with van der Waals surface area (Å²) >= 11 is 7.39. The van der Waals surface area contributed by atoms with Gasteiger partial charge in [-0.3, -0.25) is 4.79 Å². The number of benzene rings is 2. The number of nitrogens with two attached hydrogens (primary N) is 1. The van der Waals surface area contributed by atoms with Crippen LogP contribution in [0.25, 0.3) is 11.3 Å². The average molecular weight is 511 g/mol. The van der Waals surface area contributed by atoms with Crippen molar-refractivity contribution in [1.82, 2.24) is 0 Å². The molecule has 1 aromatic heterocycles. The summed E-state index contributed by atoms with van der Waals surface area (Å²) < 4.78 is 11.3. The minimum atomic E-state index is -0.416. The van der Waals surface area contributed by atoms with Crippen LogP contribution in [0.4, 0.5) is 5.69 Å². The van der Waals surface area contributed by atoms with Gasteiger partial charge in [-0.2, -0.15) is 0 Å². The molecule has 1 heterocycles. The smallest absolute Gasteiger partial charge is 0.339 e. The van der Waals surface area contributed by atoms with Gasteiger partial charge in [0.25, 0.3) is 5.91 Å². The second kappa shape index (κ2) is 11.7. The van der Waals surface area contributed by atoms with Gasteiger partial charge in [0.15, 0.2) is 0 Å². The van der Waals surface area contributed by atoms with E-state index in [1.807, 2.05) is 12.3 Å². The Bertz CT molecular complexity index is 1300. The third-order valence-corrected chi connectivity index (χ3v) is 6.51. The quantitative estimate of drug-likeness (QED) is 0.255. The van der Waals surface area contributed by atoms with Gasteiger partial charge in [0.1, 0.15) is 12.4 Å². The first-order valence-corrected chi connectivity index (χ1v) is 12.2. The van der Waals surface area contributed by atoms with Crippen LogP contribution in [0.15, 0.2) is 60.5 Å². The van der Waals surface area contributed by atoms with Crippen LogP contribution in [0.5, 0.6) is 5.75 Å². The second-order valence-electron chi connectivity index (χ2n) is 7.59. The molecule has 0 unspecified atom stereocenters. The molecule has 182 valence electrons. The highest BCUT2D eigenvalue weighted by Crippen LogP contribution is 2.34. The highest BCUT2D eigenvalue weighted by atomic mass is 35.5. The Hall–Kier alpha value is -3.55. The van der Waals surface area contributed by atoms with Gasteiger partial charge in [0, 0.05) is 38.7 Å². The van der Waals surface area contributed by atoms with Crippen LogP contribution in [-0.4, -0.2) is 18.5 Å². The molecule has 1 amide bonds. The summed E-state index contributed by atoms with van der Waals surface area (Å²) in [5.74, 6) is -0.126. The van der Waals surface area contributed by atoms with Crippen LogP contribution in [0.1, 0.15) is 45.8 Å². The maximum Gasteiger partial charge on any atom is 0.339 e. The van der Waals surface area contributed by atoms with Crippen LogP contribution in [0.3, 0.4) is 0 Å². The summed E-state index contributed by atoms with van der Waals surface area (Å²) in [5, 5.41) is 5.27. The Morgan fingerprint density at radius 3 is 2.63 bits per heavy atom. The highest BCUT2D eigenvalue weighted by molar-refractivity contribution is 7.12. The molecule has 0 atom stereocenters. The molecule has 0 aliphatic heterocycles. The fraction of sp³-hybridized carbons (Fsp3) is 0.185. The van der Waals surface area contributed by atoms with Crippen molar-refractivity contribution < 1.29 is 19.1 Å². The van der Waals surface area contributed by atoms with E-state index in [1.165, 1.54) is 11.3 Å². The Balaban J connectivity index is 1.82. The van der Waals surface area contributed by atoms with Gasteiger partial charge in [-0.1, -0.05) is 36.4 Å². The summed E-state index contributed by atoms with van der Waals surface area (Å²) in [6.45, 7) is 9.69. The number of esters is 1. The van der Waals surface area contributed by atoms with Gasteiger partial charge >= 0.3 is 5.97 Å². The predicted octanol–water partition coefficient (Wildman–Crippen LogP) is 6.44. The van der Waals surface area contributed by atoms with Gasteiger partial charge < -0.3 is 20.5 Å². The Morgan fingerprint density at radius 2 is 1.97 bits per heavy atom. The van der Waals surface area contributed by atoms with E-state index >= 15 is 0 Å². The molecule has 0 saturated heterocycles. The summed E-state index contributed by atoms with van der Waals surface area (Å²) in [4.78, 5) is 25.9. The van der Waals surface area contributed by atoms with Gasteiger partial charge in [-0.15, -0.1) is 11.3 Å². The van der Waals surface area contributed by atoms with Crippen molar-refractivity contribution in [1.29, 1.82) is 0 Å². The number of carbonyl (C=O) groups is 2. The van der Waals surface area contributed by atoms with E-state index in [0.717, 1.165) is 5.56 Å². The number of thiophene rings is 1. The largest absolute Gasteiger partial charge is 0.489 e. The van der Waals surface area contributed by atoms with E-state index in [9.17, 15) is 9.59 Å². The monoisotopic (exact) mass is 510 g/mol. The lowest BCUT2D eigenvalue weighted by atomic mass is 10.0. The van der Waals surface area contributed by atoms with E-state index in [-0.39, 0.29) is 19.1 Å². The van der Waals surface area contributed by atoms with Gasteiger partial charge in [-0.25, -0.2) is 4.79 Å². The number of ether oxygens (including phenoxy) is 2. The fourth-order valence-corrected chi connectivity index (χ4v) is 4.88. The molecule has 35 heavy (non-hydrogen) atoms. The normalized spacial score (nSPS) is 11.1. The third-order valence-electron chi connectivity index (χ3n) is 5.21. The molecule has 3 rings (SSSR count). The van der Waals surface area contributed by atoms with Crippen molar-refractivity contribution in [3.8, 4) is 5.75 Å². The zero-order valence-corrected chi connectivity index (χ0v) is 21.4. The minimum absolute atomic E-state index is 0.183. The van der Waals surface area contributed by atoms with Gasteiger partial charge in [0.05, 0.1) is 17.1 Å². The predicted molar refractivity (Wildman–Crippen MR) is 143 cm³/mol. The number of hydrogen-bond acceptors (Lipinski definition) is 6. The lowest BCUT2D eigenvalue weighted by Crippen LogP contribution is -2.14. The third kappa shape index (κ3) is 6.12. The molecule has 0 saturated carbocycles. The zero-order chi connectivity index (χ0) is 25.5. The zero-order valence-electron chi connectivity index (χ0n) is 19.8. The molecule has 0 radical (unpaired) electrons. The standard InChI is InChI=1S/C27H27ClN2O4S/c1-5-21(27(32)33-6-2)25-24(17(4)29)18(15-35-25)14-34-23-12-8-11-22(16(23)3)26(31)30-20-10-7-9-19(28)13-20/h5,7-13,15H,4,6,14,29H2,1-3H3,(H,30,31)/b21-5+. The maximum atomic E-state index is 12.9. The number of halogens is 1. The lowest BCUT2D eigenvalue weighted by molar-refractivity contribution is -0.136. The van der Waals surface area contributed by atoms with E-state index in [0.29, 0.717) is 49.3 Å². The van der Waals surface area contributed by atoms with Crippen molar-refractivity contribution >= 4 is 51.8 Å². The first-order valence-electron chi connectivity index (χ1n) is 10.9. The lowest BCUT2D eigenvalue weighted by Gasteiger charge is -2.14. The van der Waals surface area contributed by atoms with Crippen molar-refractivity contribution in [3.05, 3.63) is 92.7 Å². The Labute approximate surface area is 214 Å². The number of allylic oxidation sites excluding steroid dienone is 1. The number of nitrogens with one attached hydrogen (secondary N) is 1. The minimum Gasteiger partial charge on any atom is -0.489 e. The van der Waals surface area contributed by atoms with Crippen molar-refractivity contribution in [2.45, 2.75) is 27.4 Å². The number of anilines is 1. The topological polar surface area (TPSA) is 90.6 Å². The highest BCUT2D eigenvalue weighted by Gasteiger charge is 2.22. The van der Waals surface area contributed by atoms with Crippen LogP contribution in [-0.2, 0) is 16.1 Å². The van der Waals surface area contributed by atoms with Crippen LogP contribution in [0.2, 0.25) is 5.02 Å². The summed E-state index contributed by atoms with van der Waals surface area (Å²) in [5.41, 5.74) is 10.1. The van der Waals surface area contributed by atoms with Gasteiger partial charge in [-0.05, 0) is 56.5 Å². The maximum absolute atomic E-state index is 12.9. The number of rotatable bonds is 9. The molecule has 6 nitrogen and oxygen atoms in total. The fourth-order valence-electron chi connectivity index (χ4n) is 3.54. The molecule has 3 N–H and O–H groups in total.